The van der Waals surface area contributed by atoms with Crippen molar-refractivity contribution in [1.29, 1.82) is 0 Å². The van der Waals surface area contributed by atoms with E-state index in [-0.39, 0.29) is 5.97 Å². The van der Waals surface area contributed by atoms with Crippen LogP contribution in [0.3, 0.4) is 0 Å². The third kappa shape index (κ3) is 4.45. The molecule has 0 radical (unpaired) electrons. The van der Waals surface area contributed by atoms with Gasteiger partial charge < -0.3 is 14.0 Å². The summed E-state index contributed by atoms with van der Waals surface area (Å²) in [6, 6.07) is 16.2. The first-order chi connectivity index (χ1) is 15.8. The van der Waals surface area contributed by atoms with Gasteiger partial charge in [-0.3, -0.25) is 9.69 Å². The molecular weight excluding hydrogens is 404 g/mol. The Labute approximate surface area is 186 Å². The second kappa shape index (κ2) is 9.63. The number of para-hydroxylation sites is 3. The number of fused-ring (bicyclic) bond motifs is 4. The lowest BCUT2D eigenvalue weighted by atomic mass is 10.2. The first-order valence-electron chi connectivity index (χ1n) is 11.4. The van der Waals surface area contributed by atoms with E-state index in [2.05, 4.69) is 21.6 Å². The van der Waals surface area contributed by atoms with Crippen LogP contribution in [0.25, 0.3) is 33.1 Å². The van der Waals surface area contributed by atoms with Gasteiger partial charge in [0.2, 0.25) is 0 Å². The normalized spacial score (nSPS) is 15.0. The summed E-state index contributed by atoms with van der Waals surface area (Å²) in [6.45, 7) is 5.63. The lowest BCUT2D eigenvalue weighted by Crippen LogP contribution is -2.37. The monoisotopic (exact) mass is 432 g/mol. The maximum absolute atomic E-state index is 12.2. The molecule has 1 aliphatic rings. The van der Waals surface area contributed by atoms with Crippen LogP contribution in [0.15, 0.2) is 48.5 Å². The summed E-state index contributed by atoms with van der Waals surface area (Å²) in [5.41, 5.74) is 4.64. The van der Waals surface area contributed by atoms with Crippen molar-refractivity contribution in [1.82, 2.24) is 19.4 Å². The van der Waals surface area contributed by atoms with E-state index >= 15 is 0 Å². The minimum Gasteiger partial charge on any atom is -0.466 e. The highest BCUT2D eigenvalue weighted by atomic mass is 16.5. The molecule has 0 saturated carbocycles. The fourth-order valence-corrected chi connectivity index (χ4v) is 4.36. The molecule has 0 aliphatic carbocycles. The lowest BCUT2D eigenvalue weighted by Gasteiger charge is -2.26. The Balaban J connectivity index is 1.22. The molecular formula is C25H28N4O3. The zero-order chi connectivity index (χ0) is 21.8. The second-order valence-corrected chi connectivity index (χ2v) is 8.18. The van der Waals surface area contributed by atoms with Crippen molar-refractivity contribution in [3.05, 3.63) is 48.5 Å². The fourth-order valence-electron chi connectivity index (χ4n) is 4.36. The van der Waals surface area contributed by atoms with E-state index in [9.17, 15) is 4.79 Å². The van der Waals surface area contributed by atoms with E-state index in [4.69, 9.17) is 19.4 Å². The van der Waals surface area contributed by atoms with E-state index < -0.39 is 0 Å². The molecule has 7 heteroatoms. The zero-order valence-electron chi connectivity index (χ0n) is 18.2. The van der Waals surface area contributed by atoms with Gasteiger partial charge in [0, 0.05) is 38.0 Å². The molecule has 166 valence electrons. The van der Waals surface area contributed by atoms with Crippen LogP contribution >= 0.6 is 0 Å². The van der Waals surface area contributed by atoms with Crippen molar-refractivity contribution in [2.24, 2.45) is 0 Å². The molecule has 0 amide bonds. The molecule has 0 N–H and O–H groups in total. The molecule has 1 aliphatic heterocycles. The largest absolute Gasteiger partial charge is 0.466 e. The van der Waals surface area contributed by atoms with Crippen LogP contribution in [-0.2, 0) is 20.8 Å². The SMILES string of the molecule is O=C(CCCn1c2ccccc2c2nc3ccccc3nc21)OCCCN1CCOCC1. The molecule has 0 unspecified atom stereocenters. The standard InChI is InChI=1S/C25H28N4O3/c30-23(32-16-6-12-28-14-17-31-18-15-28)11-5-13-29-22-10-4-1-7-19(22)24-25(29)27-21-9-3-2-8-20(21)26-24/h1-4,7-10H,5-6,11-18H2. The molecule has 3 heterocycles. The third-order valence-corrected chi connectivity index (χ3v) is 6.01. The number of carbonyl (C=O) groups is 1. The molecule has 0 spiro atoms. The van der Waals surface area contributed by atoms with Crippen LogP contribution in [0.2, 0.25) is 0 Å². The Hall–Kier alpha value is -3.03. The van der Waals surface area contributed by atoms with Gasteiger partial charge in [-0.25, -0.2) is 9.97 Å². The Morgan fingerprint density at radius 3 is 2.53 bits per heavy atom. The zero-order valence-corrected chi connectivity index (χ0v) is 18.2. The maximum Gasteiger partial charge on any atom is 0.305 e. The van der Waals surface area contributed by atoms with Crippen molar-refractivity contribution in [3.8, 4) is 0 Å². The number of aryl methyl sites for hydroxylation is 1. The highest BCUT2D eigenvalue weighted by Crippen LogP contribution is 2.28. The third-order valence-electron chi connectivity index (χ3n) is 6.01. The molecule has 32 heavy (non-hydrogen) atoms. The summed E-state index contributed by atoms with van der Waals surface area (Å²) in [7, 11) is 0. The van der Waals surface area contributed by atoms with Crippen LogP contribution in [0, 0.1) is 0 Å². The average molecular weight is 433 g/mol. The number of benzene rings is 2. The Kier molecular flexibility index (Phi) is 6.27. The Morgan fingerprint density at radius 2 is 1.69 bits per heavy atom. The van der Waals surface area contributed by atoms with E-state index in [1.807, 2.05) is 36.4 Å². The minimum absolute atomic E-state index is 0.135. The van der Waals surface area contributed by atoms with Gasteiger partial charge in [0.05, 0.1) is 36.4 Å². The van der Waals surface area contributed by atoms with Gasteiger partial charge in [0.15, 0.2) is 5.65 Å². The number of rotatable bonds is 8. The van der Waals surface area contributed by atoms with Gasteiger partial charge in [-0.05, 0) is 31.0 Å². The van der Waals surface area contributed by atoms with Gasteiger partial charge >= 0.3 is 5.97 Å². The van der Waals surface area contributed by atoms with Gasteiger partial charge in [-0.15, -0.1) is 0 Å². The maximum atomic E-state index is 12.2. The molecule has 2 aromatic heterocycles. The highest BCUT2D eigenvalue weighted by molar-refractivity contribution is 6.06. The summed E-state index contributed by atoms with van der Waals surface area (Å²) in [6.07, 6.45) is 1.96. The predicted octanol–water partition coefficient (Wildman–Crippen LogP) is 3.78. The second-order valence-electron chi connectivity index (χ2n) is 8.18. The summed E-state index contributed by atoms with van der Waals surface area (Å²) in [5, 5.41) is 1.09. The van der Waals surface area contributed by atoms with Crippen molar-refractivity contribution >= 4 is 39.1 Å². The quantitative estimate of drug-likeness (QED) is 0.312. The molecule has 0 atom stereocenters. The number of nitrogens with zero attached hydrogens (tertiary/aromatic N) is 4. The van der Waals surface area contributed by atoms with Crippen LogP contribution in [-0.4, -0.2) is 64.9 Å². The minimum atomic E-state index is -0.135. The average Bonchev–Trinajstić information content (AvgIpc) is 3.14. The van der Waals surface area contributed by atoms with E-state index in [1.54, 1.807) is 0 Å². The number of aromatic nitrogens is 3. The number of ether oxygens (including phenoxy) is 2. The molecule has 7 nitrogen and oxygen atoms in total. The number of carbonyl (C=O) groups excluding carboxylic acids is 1. The van der Waals surface area contributed by atoms with Crippen molar-refractivity contribution in [2.45, 2.75) is 25.8 Å². The molecule has 1 saturated heterocycles. The number of esters is 1. The molecule has 1 fully saturated rings. The number of hydrogen-bond donors (Lipinski definition) is 0. The summed E-state index contributed by atoms with van der Waals surface area (Å²) in [5.74, 6) is -0.135. The van der Waals surface area contributed by atoms with E-state index in [1.165, 1.54) is 0 Å². The van der Waals surface area contributed by atoms with Crippen LogP contribution in [0.5, 0.6) is 0 Å². The van der Waals surface area contributed by atoms with Crippen LogP contribution < -0.4 is 0 Å². The van der Waals surface area contributed by atoms with Gasteiger partial charge in [-0.1, -0.05) is 30.3 Å². The molecule has 2 aromatic carbocycles. The fraction of sp³-hybridized carbons (Fsp3) is 0.400. The Bertz CT molecular complexity index is 1230. The summed E-state index contributed by atoms with van der Waals surface area (Å²) < 4.78 is 13.0. The topological polar surface area (TPSA) is 69.5 Å². The smallest absolute Gasteiger partial charge is 0.305 e. The first-order valence-corrected chi connectivity index (χ1v) is 11.4. The van der Waals surface area contributed by atoms with Crippen LogP contribution in [0.1, 0.15) is 19.3 Å². The Morgan fingerprint density at radius 1 is 0.938 bits per heavy atom. The van der Waals surface area contributed by atoms with Gasteiger partial charge in [-0.2, -0.15) is 0 Å². The number of morpholine rings is 1. The number of hydrogen-bond acceptors (Lipinski definition) is 6. The highest BCUT2D eigenvalue weighted by Gasteiger charge is 2.15. The first kappa shape index (κ1) is 20.8. The predicted molar refractivity (Wildman–Crippen MR) is 125 cm³/mol. The van der Waals surface area contributed by atoms with E-state index in [0.717, 1.165) is 72.4 Å². The molecule has 5 rings (SSSR count). The summed E-state index contributed by atoms with van der Waals surface area (Å²) in [4.78, 5) is 24.3. The van der Waals surface area contributed by atoms with Crippen LogP contribution in [0.4, 0.5) is 0 Å². The van der Waals surface area contributed by atoms with Crippen molar-refractivity contribution in [3.63, 3.8) is 0 Å². The van der Waals surface area contributed by atoms with Gasteiger partial charge in [0.25, 0.3) is 0 Å². The molecule has 4 aromatic rings. The van der Waals surface area contributed by atoms with Crippen molar-refractivity contribution in [2.75, 3.05) is 39.5 Å². The van der Waals surface area contributed by atoms with Crippen molar-refractivity contribution < 1.29 is 14.3 Å². The van der Waals surface area contributed by atoms with Gasteiger partial charge in [0.1, 0.15) is 5.52 Å². The van der Waals surface area contributed by atoms with E-state index in [0.29, 0.717) is 26.0 Å². The summed E-state index contributed by atoms with van der Waals surface area (Å²) >= 11 is 0. The lowest BCUT2D eigenvalue weighted by molar-refractivity contribution is -0.144. The molecule has 0 bridgehead atoms.